The highest BCUT2D eigenvalue weighted by Crippen LogP contribution is 2.29. The number of aromatic nitrogens is 2. The lowest BCUT2D eigenvalue weighted by Crippen LogP contribution is -2.05. The van der Waals surface area contributed by atoms with Gasteiger partial charge >= 0.3 is 5.97 Å². The van der Waals surface area contributed by atoms with Crippen LogP contribution in [0.3, 0.4) is 0 Å². The molecule has 1 N–H and O–H groups in total. The summed E-state index contributed by atoms with van der Waals surface area (Å²) in [7, 11) is 1.16. The standard InChI is InChI=1S/C15H11N3O5/c1-22-15(19)12-6-10(4-5-14(12)18(20)21)23-11-3-2-9-8-16-17-13(9)7-11/h2-8H,1H3,(H,16,17). The number of benzene rings is 2. The average Bonchev–Trinajstić information content (AvgIpc) is 3.01. The second-order valence-electron chi connectivity index (χ2n) is 4.65. The Morgan fingerprint density at radius 2 is 1.96 bits per heavy atom. The Labute approximate surface area is 129 Å². The molecule has 8 heteroatoms. The van der Waals surface area contributed by atoms with E-state index in [1.807, 2.05) is 6.07 Å². The van der Waals surface area contributed by atoms with Crippen LogP contribution < -0.4 is 4.74 Å². The summed E-state index contributed by atoms with van der Waals surface area (Å²) in [6.07, 6.45) is 1.68. The second-order valence-corrected chi connectivity index (χ2v) is 4.65. The Morgan fingerprint density at radius 1 is 1.22 bits per heavy atom. The molecule has 116 valence electrons. The monoisotopic (exact) mass is 313 g/mol. The number of esters is 1. The van der Waals surface area contributed by atoms with Crippen LogP contribution in [0.2, 0.25) is 0 Å². The number of carbonyl (C=O) groups is 1. The van der Waals surface area contributed by atoms with E-state index in [0.29, 0.717) is 5.75 Å². The minimum Gasteiger partial charge on any atom is -0.465 e. The molecule has 0 radical (unpaired) electrons. The van der Waals surface area contributed by atoms with Crippen LogP contribution in [0.15, 0.2) is 42.6 Å². The average molecular weight is 313 g/mol. The Kier molecular flexibility index (Phi) is 3.63. The molecule has 0 aliphatic rings. The number of methoxy groups -OCH3 is 1. The van der Waals surface area contributed by atoms with Gasteiger partial charge in [0.2, 0.25) is 0 Å². The minimum atomic E-state index is -0.800. The summed E-state index contributed by atoms with van der Waals surface area (Å²) in [6.45, 7) is 0. The largest absolute Gasteiger partial charge is 0.465 e. The van der Waals surface area contributed by atoms with Gasteiger partial charge in [0.25, 0.3) is 5.69 Å². The molecule has 2 aromatic carbocycles. The van der Waals surface area contributed by atoms with Gasteiger partial charge in [0.15, 0.2) is 0 Å². The van der Waals surface area contributed by atoms with Crippen molar-refractivity contribution >= 4 is 22.6 Å². The van der Waals surface area contributed by atoms with E-state index in [2.05, 4.69) is 14.9 Å². The zero-order valence-electron chi connectivity index (χ0n) is 12.0. The maximum absolute atomic E-state index is 11.7. The molecule has 3 rings (SSSR count). The van der Waals surface area contributed by atoms with E-state index in [9.17, 15) is 14.9 Å². The van der Waals surface area contributed by atoms with E-state index >= 15 is 0 Å². The van der Waals surface area contributed by atoms with Gasteiger partial charge in [-0.3, -0.25) is 15.2 Å². The van der Waals surface area contributed by atoms with E-state index in [1.165, 1.54) is 18.2 Å². The summed E-state index contributed by atoms with van der Waals surface area (Å²) >= 11 is 0. The van der Waals surface area contributed by atoms with E-state index < -0.39 is 10.9 Å². The van der Waals surface area contributed by atoms with Crippen LogP contribution >= 0.6 is 0 Å². The Bertz CT molecular complexity index is 903. The summed E-state index contributed by atoms with van der Waals surface area (Å²) in [5, 5.41) is 18.6. The first-order valence-electron chi connectivity index (χ1n) is 6.56. The fraction of sp³-hybridized carbons (Fsp3) is 0.0667. The van der Waals surface area contributed by atoms with Crippen LogP contribution in [0.25, 0.3) is 10.9 Å². The summed E-state index contributed by atoms with van der Waals surface area (Å²) in [5.74, 6) is -0.00699. The quantitative estimate of drug-likeness (QED) is 0.450. The van der Waals surface area contributed by atoms with Crippen LogP contribution in [-0.4, -0.2) is 28.2 Å². The molecule has 0 aliphatic carbocycles. The van der Waals surface area contributed by atoms with Crippen LogP contribution in [0.5, 0.6) is 11.5 Å². The number of fused-ring (bicyclic) bond motifs is 1. The van der Waals surface area contributed by atoms with Gasteiger partial charge in [-0.05, 0) is 18.2 Å². The number of ether oxygens (including phenoxy) is 2. The molecule has 0 fully saturated rings. The number of nitrogens with one attached hydrogen (secondary N) is 1. The minimum absolute atomic E-state index is 0.169. The van der Waals surface area contributed by atoms with Gasteiger partial charge in [0, 0.05) is 23.6 Å². The molecule has 0 atom stereocenters. The summed E-state index contributed by atoms with van der Waals surface area (Å²) in [5.41, 5.74) is 0.281. The van der Waals surface area contributed by atoms with Crippen molar-refractivity contribution in [2.24, 2.45) is 0 Å². The predicted octanol–water partition coefficient (Wildman–Crippen LogP) is 3.05. The number of hydrogen-bond acceptors (Lipinski definition) is 6. The number of aromatic amines is 1. The Hall–Kier alpha value is -3.42. The molecular formula is C15H11N3O5. The maximum Gasteiger partial charge on any atom is 0.345 e. The molecule has 0 saturated carbocycles. The lowest BCUT2D eigenvalue weighted by Gasteiger charge is -2.07. The number of carbonyl (C=O) groups excluding carboxylic acids is 1. The number of nitrogens with zero attached hydrogens (tertiary/aromatic N) is 2. The van der Waals surface area contributed by atoms with E-state index in [4.69, 9.17) is 4.74 Å². The molecule has 0 spiro atoms. The Balaban J connectivity index is 1.96. The van der Waals surface area contributed by atoms with Gasteiger partial charge in [0.1, 0.15) is 17.1 Å². The lowest BCUT2D eigenvalue weighted by atomic mass is 10.1. The summed E-state index contributed by atoms with van der Waals surface area (Å²) < 4.78 is 10.2. The second kappa shape index (κ2) is 5.76. The summed E-state index contributed by atoms with van der Waals surface area (Å²) in [4.78, 5) is 22.0. The lowest BCUT2D eigenvalue weighted by molar-refractivity contribution is -0.385. The molecular weight excluding hydrogens is 302 g/mol. The fourth-order valence-corrected chi connectivity index (χ4v) is 2.13. The third-order valence-electron chi connectivity index (χ3n) is 3.22. The summed E-state index contributed by atoms with van der Waals surface area (Å²) in [6, 6.07) is 9.19. The van der Waals surface area contributed by atoms with Gasteiger partial charge in [-0.1, -0.05) is 0 Å². The van der Waals surface area contributed by atoms with E-state index in [1.54, 1.807) is 18.3 Å². The molecule has 0 amide bonds. The highest BCUT2D eigenvalue weighted by atomic mass is 16.6. The van der Waals surface area contributed by atoms with Gasteiger partial charge in [-0.2, -0.15) is 5.10 Å². The van der Waals surface area contributed by atoms with E-state index in [0.717, 1.165) is 18.0 Å². The molecule has 0 aliphatic heterocycles. The van der Waals surface area contributed by atoms with E-state index in [-0.39, 0.29) is 17.0 Å². The van der Waals surface area contributed by atoms with Crippen molar-refractivity contribution in [1.82, 2.24) is 10.2 Å². The molecule has 0 saturated heterocycles. The molecule has 1 heterocycles. The SMILES string of the molecule is COC(=O)c1cc(Oc2ccc3cn[nH]c3c2)ccc1[N+](=O)[O-]. The first-order valence-corrected chi connectivity index (χ1v) is 6.56. The number of rotatable bonds is 4. The fourth-order valence-electron chi connectivity index (χ4n) is 2.13. The van der Waals surface area contributed by atoms with Crippen LogP contribution in [0, 0.1) is 10.1 Å². The topological polar surface area (TPSA) is 107 Å². The van der Waals surface area contributed by atoms with Crippen LogP contribution in [0.1, 0.15) is 10.4 Å². The normalized spacial score (nSPS) is 10.5. The maximum atomic E-state index is 11.7. The van der Waals surface area contributed by atoms with Crippen molar-refractivity contribution < 1.29 is 19.2 Å². The number of nitro benzene ring substituents is 1. The molecule has 8 nitrogen and oxygen atoms in total. The van der Waals surface area contributed by atoms with Gasteiger partial charge in [-0.25, -0.2) is 4.79 Å². The number of hydrogen-bond donors (Lipinski definition) is 1. The molecule has 1 aromatic heterocycles. The molecule has 0 bridgehead atoms. The van der Waals surface area contributed by atoms with Gasteiger partial charge in [0.05, 0.1) is 23.7 Å². The van der Waals surface area contributed by atoms with Crippen molar-refractivity contribution in [3.63, 3.8) is 0 Å². The third kappa shape index (κ3) is 2.82. The Morgan fingerprint density at radius 3 is 2.70 bits per heavy atom. The highest BCUT2D eigenvalue weighted by molar-refractivity contribution is 5.94. The molecule has 0 unspecified atom stereocenters. The van der Waals surface area contributed by atoms with Crippen molar-refractivity contribution in [2.75, 3.05) is 7.11 Å². The third-order valence-corrected chi connectivity index (χ3v) is 3.22. The first-order chi connectivity index (χ1) is 11.1. The molecule has 3 aromatic rings. The van der Waals surface area contributed by atoms with Gasteiger partial charge in [-0.15, -0.1) is 0 Å². The molecule has 23 heavy (non-hydrogen) atoms. The highest BCUT2D eigenvalue weighted by Gasteiger charge is 2.21. The predicted molar refractivity (Wildman–Crippen MR) is 80.6 cm³/mol. The van der Waals surface area contributed by atoms with Crippen molar-refractivity contribution in [3.05, 3.63) is 58.3 Å². The van der Waals surface area contributed by atoms with Crippen molar-refractivity contribution in [3.8, 4) is 11.5 Å². The van der Waals surface area contributed by atoms with Crippen LogP contribution in [0.4, 0.5) is 5.69 Å². The first kappa shape index (κ1) is 14.5. The zero-order valence-corrected chi connectivity index (χ0v) is 12.0. The van der Waals surface area contributed by atoms with Gasteiger partial charge < -0.3 is 9.47 Å². The number of nitro groups is 1. The van der Waals surface area contributed by atoms with Crippen molar-refractivity contribution in [1.29, 1.82) is 0 Å². The smallest absolute Gasteiger partial charge is 0.345 e. The number of H-pyrrole nitrogens is 1. The van der Waals surface area contributed by atoms with Crippen molar-refractivity contribution in [2.45, 2.75) is 0 Å². The zero-order chi connectivity index (χ0) is 16.4. The van der Waals surface area contributed by atoms with Crippen LogP contribution in [-0.2, 0) is 4.74 Å².